The Kier molecular flexibility index (Phi) is 8.29. The maximum Gasteiger partial charge on any atom is -0.0273 e. The van der Waals surface area contributed by atoms with Gasteiger partial charge in [0, 0.05) is 0 Å². The summed E-state index contributed by atoms with van der Waals surface area (Å²) in [4.78, 5) is 0. The van der Waals surface area contributed by atoms with Gasteiger partial charge in [0.1, 0.15) is 0 Å². The summed E-state index contributed by atoms with van der Waals surface area (Å²) in [5, 5.41) is 0. The molecule has 0 aliphatic rings. The fraction of sp³-hybridized carbons (Fsp3) is 0.579. The Bertz CT molecular complexity index is 362. The van der Waals surface area contributed by atoms with E-state index < -0.39 is 0 Å². The van der Waals surface area contributed by atoms with Gasteiger partial charge in [0.05, 0.1) is 0 Å². The van der Waals surface area contributed by atoms with Crippen LogP contribution in [0.5, 0.6) is 0 Å². The molecule has 0 nitrogen and oxygen atoms in total. The van der Waals surface area contributed by atoms with Gasteiger partial charge in [-0.3, -0.25) is 0 Å². The summed E-state index contributed by atoms with van der Waals surface area (Å²) in [7, 11) is 0. The van der Waals surface area contributed by atoms with Crippen molar-refractivity contribution in [3.8, 4) is 0 Å². The number of rotatable bonds is 10. The van der Waals surface area contributed by atoms with Crippen LogP contribution in [-0.2, 0) is 19.3 Å². The van der Waals surface area contributed by atoms with E-state index in [0.717, 1.165) is 6.42 Å². The van der Waals surface area contributed by atoms with Gasteiger partial charge < -0.3 is 0 Å². The third-order valence-corrected chi connectivity index (χ3v) is 3.74. The van der Waals surface area contributed by atoms with Crippen molar-refractivity contribution in [3.63, 3.8) is 0 Å². The highest BCUT2D eigenvalue weighted by molar-refractivity contribution is 5.32. The number of allylic oxidation sites excluding steroid dienone is 1. The molecule has 0 heterocycles. The van der Waals surface area contributed by atoms with Crippen molar-refractivity contribution in [1.82, 2.24) is 0 Å². The minimum absolute atomic E-state index is 1.13. The third kappa shape index (κ3) is 6.09. The molecule has 0 aliphatic carbocycles. The topological polar surface area (TPSA) is 0 Å². The molecule has 0 saturated carbocycles. The number of aryl methyl sites for hydroxylation is 3. The summed E-state index contributed by atoms with van der Waals surface area (Å²) in [6.45, 7) is 8.36. The predicted molar refractivity (Wildman–Crippen MR) is 86.8 cm³/mol. The van der Waals surface area contributed by atoms with Crippen LogP contribution in [0.15, 0.2) is 30.9 Å². The van der Waals surface area contributed by atoms with E-state index in [-0.39, 0.29) is 0 Å². The fourth-order valence-corrected chi connectivity index (χ4v) is 2.50. The van der Waals surface area contributed by atoms with Crippen molar-refractivity contribution in [3.05, 3.63) is 47.5 Å². The molecule has 1 rings (SSSR count). The van der Waals surface area contributed by atoms with Crippen LogP contribution < -0.4 is 0 Å². The number of benzene rings is 1. The lowest BCUT2D eigenvalue weighted by molar-refractivity contribution is 0.764. The molecule has 0 aromatic heterocycles. The van der Waals surface area contributed by atoms with Crippen molar-refractivity contribution >= 4 is 0 Å². The van der Waals surface area contributed by atoms with E-state index in [4.69, 9.17) is 0 Å². The van der Waals surface area contributed by atoms with E-state index in [2.05, 4.69) is 38.6 Å². The predicted octanol–water partition coefficient (Wildman–Crippen LogP) is 5.88. The van der Waals surface area contributed by atoms with E-state index >= 15 is 0 Å². The van der Waals surface area contributed by atoms with E-state index in [1.54, 1.807) is 11.1 Å². The zero-order chi connectivity index (χ0) is 13.9. The summed E-state index contributed by atoms with van der Waals surface area (Å²) in [6, 6.07) is 7.19. The number of unbranched alkanes of at least 4 members (excludes halogenated alkanes) is 3. The summed E-state index contributed by atoms with van der Waals surface area (Å²) in [6.07, 6.45) is 13.3. The molecule has 1 aromatic rings. The second-order valence-electron chi connectivity index (χ2n) is 5.49. The zero-order valence-corrected chi connectivity index (χ0v) is 12.9. The van der Waals surface area contributed by atoms with Crippen LogP contribution in [0.4, 0.5) is 0 Å². The van der Waals surface area contributed by atoms with Crippen LogP contribution in [-0.4, -0.2) is 0 Å². The molecule has 0 aliphatic heterocycles. The molecule has 0 radical (unpaired) electrons. The first-order valence-corrected chi connectivity index (χ1v) is 8.03. The van der Waals surface area contributed by atoms with E-state index in [1.165, 1.54) is 56.9 Å². The molecule has 0 spiro atoms. The summed E-state index contributed by atoms with van der Waals surface area (Å²) < 4.78 is 0. The van der Waals surface area contributed by atoms with Crippen LogP contribution in [0, 0.1) is 0 Å². The van der Waals surface area contributed by atoms with Gasteiger partial charge >= 0.3 is 0 Å². The van der Waals surface area contributed by atoms with Crippen LogP contribution in [0.1, 0.15) is 69.1 Å². The summed E-state index contributed by atoms with van der Waals surface area (Å²) >= 11 is 0. The van der Waals surface area contributed by atoms with Crippen molar-refractivity contribution in [1.29, 1.82) is 0 Å². The second kappa shape index (κ2) is 9.83. The summed E-state index contributed by atoms with van der Waals surface area (Å²) in [5.41, 5.74) is 4.69. The van der Waals surface area contributed by atoms with E-state index in [1.807, 2.05) is 6.08 Å². The Labute approximate surface area is 119 Å². The van der Waals surface area contributed by atoms with Crippen LogP contribution in [0.25, 0.3) is 0 Å². The van der Waals surface area contributed by atoms with Crippen molar-refractivity contribution in [2.24, 2.45) is 0 Å². The average molecular weight is 258 g/mol. The highest BCUT2D eigenvalue weighted by Gasteiger charge is 2.04. The van der Waals surface area contributed by atoms with Crippen LogP contribution >= 0.6 is 0 Å². The van der Waals surface area contributed by atoms with Crippen molar-refractivity contribution in [2.45, 2.75) is 71.6 Å². The highest BCUT2D eigenvalue weighted by atomic mass is 14.1. The molecule has 0 bridgehead atoms. The van der Waals surface area contributed by atoms with Gasteiger partial charge in [-0.15, -0.1) is 6.58 Å². The normalized spacial score (nSPS) is 10.6. The highest BCUT2D eigenvalue weighted by Crippen LogP contribution is 2.19. The zero-order valence-electron chi connectivity index (χ0n) is 12.9. The van der Waals surface area contributed by atoms with Gasteiger partial charge in [0.25, 0.3) is 0 Å². The first-order chi connectivity index (χ1) is 9.31. The van der Waals surface area contributed by atoms with Gasteiger partial charge in [-0.05, 0) is 61.6 Å². The maximum absolute atomic E-state index is 3.82. The lowest BCUT2D eigenvalue weighted by atomic mass is 9.94. The molecule has 0 saturated heterocycles. The maximum atomic E-state index is 3.82. The Morgan fingerprint density at radius 1 is 0.895 bits per heavy atom. The molecule has 1 aromatic carbocycles. The molecule has 19 heavy (non-hydrogen) atoms. The molecule has 0 N–H and O–H groups in total. The second-order valence-corrected chi connectivity index (χ2v) is 5.49. The molecule has 0 amide bonds. The van der Waals surface area contributed by atoms with E-state index in [0.29, 0.717) is 0 Å². The average Bonchev–Trinajstić information content (AvgIpc) is 2.44. The first-order valence-electron chi connectivity index (χ1n) is 8.03. The molecule has 0 unspecified atom stereocenters. The van der Waals surface area contributed by atoms with E-state index in [9.17, 15) is 0 Å². The smallest absolute Gasteiger partial charge is 0.0273 e. The SMILES string of the molecule is C=CCCCc1cc(CCCC)ccc1CCCC. The van der Waals surface area contributed by atoms with Crippen molar-refractivity contribution < 1.29 is 0 Å². The number of hydrogen-bond donors (Lipinski definition) is 0. The van der Waals surface area contributed by atoms with Gasteiger partial charge in [-0.25, -0.2) is 0 Å². The fourth-order valence-electron chi connectivity index (χ4n) is 2.50. The lowest BCUT2D eigenvalue weighted by Gasteiger charge is -2.11. The monoisotopic (exact) mass is 258 g/mol. The Hall–Kier alpha value is -1.04. The third-order valence-electron chi connectivity index (χ3n) is 3.74. The molecule has 0 heteroatoms. The Morgan fingerprint density at radius 2 is 1.58 bits per heavy atom. The Balaban J connectivity index is 2.73. The van der Waals surface area contributed by atoms with Gasteiger partial charge in [-0.1, -0.05) is 51.0 Å². The molecule has 0 atom stereocenters. The van der Waals surface area contributed by atoms with Gasteiger partial charge in [-0.2, -0.15) is 0 Å². The molecular formula is C19H30. The van der Waals surface area contributed by atoms with Crippen LogP contribution in [0.2, 0.25) is 0 Å². The van der Waals surface area contributed by atoms with Crippen LogP contribution in [0.3, 0.4) is 0 Å². The number of hydrogen-bond acceptors (Lipinski definition) is 0. The minimum Gasteiger partial charge on any atom is -0.103 e. The first kappa shape index (κ1) is 16.0. The largest absolute Gasteiger partial charge is 0.103 e. The minimum atomic E-state index is 1.13. The van der Waals surface area contributed by atoms with Gasteiger partial charge in [0.2, 0.25) is 0 Å². The Morgan fingerprint density at radius 3 is 2.26 bits per heavy atom. The molecule has 0 fully saturated rings. The quantitative estimate of drug-likeness (QED) is 0.363. The summed E-state index contributed by atoms with van der Waals surface area (Å²) in [5.74, 6) is 0. The standard InChI is InChI=1S/C19H30/c1-4-7-10-13-19-16-17(11-8-5-2)14-15-18(19)12-9-6-3/h4,14-16H,1,5-13H2,2-3H3. The van der Waals surface area contributed by atoms with Crippen molar-refractivity contribution in [2.75, 3.05) is 0 Å². The molecular weight excluding hydrogens is 228 g/mol. The lowest BCUT2D eigenvalue weighted by Crippen LogP contribution is -1.97. The molecule has 106 valence electrons. The van der Waals surface area contributed by atoms with Gasteiger partial charge in [0.15, 0.2) is 0 Å².